The van der Waals surface area contributed by atoms with Crippen molar-refractivity contribution in [2.24, 2.45) is 0 Å². The molecule has 0 saturated carbocycles. The van der Waals surface area contributed by atoms with Crippen molar-refractivity contribution >= 4 is 11.6 Å². The molecule has 0 heterocycles. The zero-order valence-electron chi connectivity index (χ0n) is 14.5. The summed E-state index contributed by atoms with van der Waals surface area (Å²) >= 11 is 0. The van der Waals surface area contributed by atoms with Crippen LogP contribution in [0.25, 0.3) is 0 Å². The summed E-state index contributed by atoms with van der Waals surface area (Å²) in [6.07, 6.45) is 2.09. The van der Waals surface area contributed by atoms with E-state index in [-0.39, 0.29) is 5.91 Å². The molecular weight excluding hydrogens is 300 g/mol. The maximum atomic E-state index is 12.4. The number of nitrogens with one attached hydrogen (secondary N) is 1. The highest BCUT2D eigenvalue weighted by Crippen LogP contribution is 2.29. The standard InChI is InChI=1S/C20H26N2O2/c1-3-14-22(15-4-2)16-20(23)21-18-12-8-9-13-19(18)24-17-10-6-5-7-11-17/h5-13H,3-4,14-16H2,1-2H3,(H,21,23). The molecule has 1 amide bonds. The average molecular weight is 326 g/mol. The lowest BCUT2D eigenvalue weighted by Gasteiger charge is -2.20. The maximum absolute atomic E-state index is 12.4. The fraction of sp³-hybridized carbons (Fsp3) is 0.350. The molecule has 24 heavy (non-hydrogen) atoms. The monoisotopic (exact) mass is 326 g/mol. The highest BCUT2D eigenvalue weighted by atomic mass is 16.5. The SMILES string of the molecule is CCCN(CCC)CC(=O)Nc1ccccc1Oc1ccccc1. The highest BCUT2D eigenvalue weighted by molar-refractivity contribution is 5.93. The maximum Gasteiger partial charge on any atom is 0.238 e. The summed E-state index contributed by atoms with van der Waals surface area (Å²) in [7, 11) is 0. The van der Waals surface area contributed by atoms with Crippen molar-refractivity contribution in [3.05, 3.63) is 54.6 Å². The van der Waals surface area contributed by atoms with Crippen LogP contribution < -0.4 is 10.1 Å². The number of carbonyl (C=O) groups excluding carboxylic acids is 1. The number of amides is 1. The van der Waals surface area contributed by atoms with Crippen LogP contribution in [0.3, 0.4) is 0 Å². The number of carbonyl (C=O) groups is 1. The number of benzene rings is 2. The predicted molar refractivity (Wildman–Crippen MR) is 98.6 cm³/mol. The van der Waals surface area contributed by atoms with Crippen LogP contribution >= 0.6 is 0 Å². The van der Waals surface area contributed by atoms with E-state index >= 15 is 0 Å². The molecule has 0 spiro atoms. The largest absolute Gasteiger partial charge is 0.455 e. The lowest BCUT2D eigenvalue weighted by atomic mass is 10.2. The molecule has 0 bridgehead atoms. The first-order valence-corrected chi connectivity index (χ1v) is 8.57. The van der Waals surface area contributed by atoms with Gasteiger partial charge in [-0.2, -0.15) is 0 Å². The summed E-state index contributed by atoms with van der Waals surface area (Å²) in [5, 5.41) is 2.97. The van der Waals surface area contributed by atoms with Crippen LogP contribution in [-0.2, 0) is 4.79 Å². The van der Waals surface area contributed by atoms with E-state index in [1.165, 1.54) is 0 Å². The quantitative estimate of drug-likeness (QED) is 0.735. The lowest BCUT2D eigenvalue weighted by molar-refractivity contribution is -0.117. The van der Waals surface area contributed by atoms with Crippen molar-refractivity contribution in [1.82, 2.24) is 4.90 Å². The van der Waals surface area contributed by atoms with Gasteiger partial charge < -0.3 is 10.1 Å². The van der Waals surface area contributed by atoms with Gasteiger partial charge in [0.15, 0.2) is 5.75 Å². The van der Waals surface area contributed by atoms with Gasteiger partial charge in [-0.25, -0.2) is 0 Å². The lowest BCUT2D eigenvalue weighted by Crippen LogP contribution is -2.34. The average Bonchev–Trinajstić information content (AvgIpc) is 2.58. The molecule has 4 heteroatoms. The summed E-state index contributed by atoms with van der Waals surface area (Å²) in [6.45, 7) is 6.53. The zero-order valence-corrected chi connectivity index (χ0v) is 14.5. The second kappa shape index (κ2) is 9.73. The first kappa shape index (κ1) is 18.0. The number of hydrogen-bond acceptors (Lipinski definition) is 3. The third-order valence-corrected chi connectivity index (χ3v) is 3.58. The van der Waals surface area contributed by atoms with Crippen LogP contribution in [0.15, 0.2) is 54.6 Å². The number of ether oxygens (including phenoxy) is 1. The zero-order chi connectivity index (χ0) is 17.2. The molecule has 2 rings (SSSR count). The van der Waals surface area contributed by atoms with Gasteiger partial charge >= 0.3 is 0 Å². The number of anilines is 1. The Balaban J connectivity index is 2.02. The third-order valence-electron chi connectivity index (χ3n) is 3.58. The van der Waals surface area contributed by atoms with Gasteiger partial charge in [0.1, 0.15) is 5.75 Å². The van der Waals surface area contributed by atoms with Gasteiger partial charge in [0, 0.05) is 0 Å². The summed E-state index contributed by atoms with van der Waals surface area (Å²) in [6, 6.07) is 17.1. The number of para-hydroxylation sites is 3. The van der Waals surface area contributed by atoms with Crippen LogP contribution in [0.1, 0.15) is 26.7 Å². The van der Waals surface area contributed by atoms with E-state index in [2.05, 4.69) is 24.1 Å². The normalized spacial score (nSPS) is 10.6. The first-order chi connectivity index (χ1) is 11.7. The van der Waals surface area contributed by atoms with Gasteiger partial charge in [-0.1, -0.05) is 44.2 Å². The molecule has 0 aliphatic carbocycles. The smallest absolute Gasteiger partial charge is 0.238 e. The molecule has 4 nitrogen and oxygen atoms in total. The van der Waals surface area contributed by atoms with Crippen LogP contribution in [0.2, 0.25) is 0 Å². The van der Waals surface area contributed by atoms with Gasteiger partial charge in [0.05, 0.1) is 12.2 Å². The second-order valence-electron chi connectivity index (χ2n) is 5.74. The van der Waals surface area contributed by atoms with Crippen LogP contribution in [0, 0.1) is 0 Å². The molecule has 0 fully saturated rings. The Morgan fingerprint density at radius 2 is 1.58 bits per heavy atom. The van der Waals surface area contributed by atoms with E-state index in [0.717, 1.165) is 31.7 Å². The Labute approximate surface area is 144 Å². The number of rotatable bonds is 9. The second-order valence-corrected chi connectivity index (χ2v) is 5.74. The molecule has 0 radical (unpaired) electrons. The van der Waals surface area contributed by atoms with E-state index in [0.29, 0.717) is 18.0 Å². The highest BCUT2D eigenvalue weighted by Gasteiger charge is 2.12. The van der Waals surface area contributed by atoms with Crippen LogP contribution in [-0.4, -0.2) is 30.4 Å². The summed E-state index contributed by atoms with van der Waals surface area (Å²) < 4.78 is 5.88. The van der Waals surface area contributed by atoms with E-state index in [1.807, 2.05) is 54.6 Å². The van der Waals surface area contributed by atoms with Crippen molar-refractivity contribution in [3.8, 4) is 11.5 Å². The molecule has 128 valence electrons. The van der Waals surface area contributed by atoms with E-state index in [4.69, 9.17) is 4.74 Å². The van der Waals surface area contributed by atoms with Crippen molar-refractivity contribution in [2.75, 3.05) is 25.0 Å². The van der Waals surface area contributed by atoms with Crippen molar-refractivity contribution < 1.29 is 9.53 Å². The molecule has 2 aromatic carbocycles. The van der Waals surface area contributed by atoms with Crippen LogP contribution in [0.5, 0.6) is 11.5 Å². The summed E-state index contributed by atoms with van der Waals surface area (Å²) in [4.78, 5) is 14.5. The Morgan fingerprint density at radius 3 is 2.25 bits per heavy atom. The topological polar surface area (TPSA) is 41.6 Å². The molecule has 0 unspecified atom stereocenters. The molecule has 0 aliphatic heterocycles. The fourth-order valence-corrected chi connectivity index (χ4v) is 2.57. The molecule has 0 aliphatic rings. The molecule has 0 atom stereocenters. The van der Waals surface area contributed by atoms with Gasteiger partial charge in [-0.3, -0.25) is 9.69 Å². The summed E-state index contributed by atoms with van der Waals surface area (Å²) in [5.41, 5.74) is 0.694. The minimum Gasteiger partial charge on any atom is -0.455 e. The van der Waals surface area contributed by atoms with Gasteiger partial charge in [0.2, 0.25) is 5.91 Å². The number of nitrogens with zero attached hydrogens (tertiary/aromatic N) is 1. The van der Waals surface area contributed by atoms with E-state index < -0.39 is 0 Å². The summed E-state index contributed by atoms with van der Waals surface area (Å²) in [5.74, 6) is 1.38. The number of hydrogen-bond donors (Lipinski definition) is 1. The minimum atomic E-state index is -0.0130. The Kier molecular flexibility index (Phi) is 7.30. The molecule has 1 N–H and O–H groups in total. The van der Waals surface area contributed by atoms with Crippen LogP contribution in [0.4, 0.5) is 5.69 Å². The third kappa shape index (κ3) is 5.70. The molecule has 0 saturated heterocycles. The molecule has 2 aromatic rings. The van der Waals surface area contributed by atoms with Gasteiger partial charge in [-0.05, 0) is 50.2 Å². The van der Waals surface area contributed by atoms with E-state index in [9.17, 15) is 4.79 Å². The van der Waals surface area contributed by atoms with E-state index in [1.54, 1.807) is 0 Å². The van der Waals surface area contributed by atoms with Gasteiger partial charge in [0.25, 0.3) is 0 Å². The fourth-order valence-electron chi connectivity index (χ4n) is 2.57. The molecule has 0 aromatic heterocycles. The minimum absolute atomic E-state index is 0.0130. The molecular formula is C20H26N2O2. The predicted octanol–water partition coefficient (Wildman–Crippen LogP) is 4.54. The van der Waals surface area contributed by atoms with Crippen molar-refractivity contribution in [2.45, 2.75) is 26.7 Å². The van der Waals surface area contributed by atoms with Crippen molar-refractivity contribution in [3.63, 3.8) is 0 Å². The van der Waals surface area contributed by atoms with Crippen molar-refractivity contribution in [1.29, 1.82) is 0 Å². The first-order valence-electron chi connectivity index (χ1n) is 8.57. The Hall–Kier alpha value is -2.33. The Bertz CT molecular complexity index is 623. The Morgan fingerprint density at radius 1 is 0.958 bits per heavy atom. The van der Waals surface area contributed by atoms with Gasteiger partial charge in [-0.15, -0.1) is 0 Å².